The van der Waals surface area contributed by atoms with Crippen molar-refractivity contribution < 1.29 is 0 Å². The molecule has 1 atom stereocenters. The van der Waals surface area contributed by atoms with E-state index in [9.17, 15) is 0 Å². The third-order valence-corrected chi connectivity index (χ3v) is 3.75. The van der Waals surface area contributed by atoms with Crippen molar-refractivity contribution in [3.05, 3.63) is 28.7 Å². The number of thiazole rings is 1. The molecule has 0 saturated heterocycles. The second-order valence-corrected chi connectivity index (χ2v) is 5.25. The van der Waals surface area contributed by atoms with Gasteiger partial charge in [0.2, 0.25) is 0 Å². The fourth-order valence-electron chi connectivity index (χ4n) is 1.74. The molecule has 0 fully saturated rings. The fourth-order valence-corrected chi connectivity index (χ4v) is 2.52. The Balaban J connectivity index is 1.68. The molecule has 2 rings (SSSR count). The van der Waals surface area contributed by atoms with E-state index in [4.69, 9.17) is 0 Å². The molecule has 1 N–H and O–H groups in total. The second kappa shape index (κ2) is 6.61. The zero-order valence-corrected chi connectivity index (χ0v) is 11.7. The van der Waals surface area contributed by atoms with Gasteiger partial charge in [-0.1, -0.05) is 6.92 Å². The van der Waals surface area contributed by atoms with Gasteiger partial charge in [0.05, 0.1) is 17.2 Å². The average Bonchev–Trinajstić information content (AvgIpc) is 3.00. The van der Waals surface area contributed by atoms with E-state index in [0.717, 1.165) is 25.9 Å². The van der Waals surface area contributed by atoms with Crippen LogP contribution in [0.25, 0.3) is 0 Å². The van der Waals surface area contributed by atoms with Crippen LogP contribution in [0.2, 0.25) is 0 Å². The van der Waals surface area contributed by atoms with Crippen LogP contribution >= 0.6 is 11.3 Å². The van der Waals surface area contributed by atoms with Crippen molar-refractivity contribution in [3.63, 3.8) is 0 Å². The summed E-state index contributed by atoms with van der Waals surface area (Å²) in [6.07, 6.45) is 5.32. The Hall–Kier alpha value is -1.27. The lowest BCUT2D eigenvalue weighted by atomic mass is 10.3. The van der Waals surface area contributed by atoms with Crippen LogP contribution in [-0.2, 0) is 19.4 Å². The van der Waals surface area contributed by atoms with Crippen molar-refractivity contribution in [1.82, 2.24) is 25.1 Å². The highest BCUT2D eigenvalue weighted by Crippen LogP contribution is 2.10. The summed E-state index contributed by atoms with van der Waals surface area (Å²) in [7, 11) is 0. The van der Waals surface area contributed by atoms with E-state index in [1.807, 2.05) is 4.68 Å². The van der Waals surface area contributed by atoms with Crippen LogP contribution in [0.3, 0.4) is 0 Å². The number of hydrogen-bond donors (Lipinski definition) is 1. The molecule has 2 aromatic heterocycles. The molecule has 0 aromatic carbocycles. The zero-order chi connectivity index (χ0) is 12.8. The lowest BCUT2D eigenvalue weighted by Gasteiger charge is -2.12. The highest BCUT2D eigenvalue weighted by Gasteiger charge is 2.04. The molecule has 0 saturated carbocycles. The summed E-state index contributed by atoms with van der Waals surface area (Å²) in [5, 5.41) is 10.9. The third-order valence-electron chi connectivity index (χ3n) is 2.70. The Morgan fingerprint density at radius 1 is 1.50 bits per heavy atom. The molecule has 2 aromatic rings. The lowest BCUT2D eigenvalue weighted by molar-refractivity contribution is 0.453. The molecule has 0 aliphatic rings. The monoisotopic (exact) mass is 265 g/mol. The Morgan fingerprint density at radius 3 is 3.06 bits per heavy atom. The van der Waals surface area contributed by atoms with Gasteiger partial charge in [0.15, 0.2) is 0 Å². The standard InChI is InChI=1S/C12H19N5S/c1-3-12-16-11(7-18-12)4-5-14-10(2)6-17-9-13-8-15-17/h7-10,14H,3-6H2,1-2H3/t10-/m0/s1. The predicted octanol–water partition coefficient (Wildman–Crippen LogP) is 1.52. The maximum atomic E-state index is 4.55. The Morgan fingerprint density at radius 2 is 2.39 bits per heavy atom. The van der Waals surface area contributed by atoms with E-state index in [2.05, 4.69) is 39.6 Å². The molecule has 0 radical (unpaired) electrons. The van der Waals surface area contributed by atoms with Crippen LogP contribution in [0.4, 0.5) is 0 Å². The summed E-state index contributed by atoms with van der Waals surface area (Å²) >= 11 is 1.75. The van der Waals surface area contributed by atoms with E-state index >= 15 is 0 Å². The Labute approximate surface area is 111 Å². The number of aryl methyl sites for hydroxylation is 1. The van der Waals surface area contributed by atoms with E-state index in [1.165, 1.54) is 10.7 Å². The molecular weight excluding hydrogens is 246 g/mol. The first kappa shape index (κ1) is 13.2. The second-order valence-electron chi connectivity index (χ2n) is 4.31. The maximum absolute atomic E-state index is 4.55. The first-order valence-electron chi connectivity index (χ1n) is 6.27. The molecule has 98 valence electrons. The number of nitrogens with one attached hydrogen (secondary N) is 1. The largest absolute Gasteiger partial charge is 0.312 e. The smallest absolute Gasteiger partial charge is 0.137 e. The Bertz CT molecular complexity index is 451. The molecule has 0 amide bonds. The zero-order valence-electron chi connectivity index (χ0n) is 10.8. The quantitative estimate of drug-likeness (QED) is 0.824. The molecule has 18 heavy (non-hydrogen) atoms. The number of hydrogen-bond acceptors (Lipinski definition) is 5. The minimum Gasteiger partial charge on any atom is -0.312 e. The van der Waals surface area contributed by atoms with Crippen LogP contribution in [-0.4, -0.2) is 32.3 Å². The summed E-state index contributed by atoms with van der Waals surface area (Å²) in [6, 6.07) is 0.385. The van der Waals surface area contributed by atoms with Gasteiger partial charge in [-0.2, -0.15) is 5.10 Å². The van der Waals surface area contributed by atoms with Crippen LogP contribution < -0.4 is 5.32 Å². The normalized spacial score (nSPS) is 12.8. The van der Waals surface area contributed by atoms with Crippen molar-refractivity contribution in [3.8, 4) is 0 Å². The van der Waals surface area contributed by atoms with Gasteiger partial charge in [0.25, 0.3) is 0 Å². The van der Waals surface area contributed by atoms with Gasteiger partial charge < -0.3 is 5.32 Å². The molecule has 0 aliphatic carbocycles. The molecule has 0 spiro atoms. The van der Waals surface area contributed by atoms with E-state index in [1.54, 1.807) is 24.0 Å². The van der Waals surface area contributed by atoms with Gasteiger partial charge in [-0.25, -0.2) is 9.97 Å². The van der Waals surface area contributed by atoms with Crippen molar-refractivity contribution >= 4 is 11.3 Å². The molecule has 5 nitrogen and oxygen atoms in total. The summed E-state index contributed by atoms with van der Waals surface area (Å²) < 4.78 is 1.84. The minimum atomic E-state index is 0.385. The number of nitrogens with zero attached hydrogens (tertiary/aromatic N) is 4. The Kier molecular flexibility index (Phi) is 4.83. The molecule has 2 heterocycles. The number of rotatable bonds is 7. The van der Waals surface area contributed by atoms with Gasteiger partial charge in [-0.05, 0) is 13.3 Å². The van der Waals surface area contributed by atoms with Crippen LogP contribution in [0, 0.1) is 0 Å². The highest BCUT2D eigenvalue weighted by molar-refractivity contribution is 7.09. The van der Waals surface area contributed by atoms with Crippen molar-refractivity contribution in [1.29, 1.82) is 0 Å². The van der Waals surface area contributed by atoms with Gasteiger partial charge in [0.1, 0.15) is 12.7 Å². The van der Waals surface area contributed by atoms with Crippen molar-refractivity contribution in [2.24, 2.45) is 0 Å². The van der Waals surface area contributed by atoms with Gasteiger partial charge in [-0.15, -0.1) is 11.3 Å². The molecular formula is C12H19N5S. The van der Waals surface area contributed by atoms with Crippen LogP contribution in [0.1, 0.15) is 24.5 Å². The molecule has 0 aliphatic heterocycles. The van der Waals surface area contributed by atoms with Gasteiger partial charge in [-0.3, -0.25) is 4.68 Å². The van der Waals surface area contributed by atoms with Gasteiger partial charge in [0, 0.05) is 24.4 Å². The summed E-state index contributed by atoms with van der Waals surface area (Å²) in [5.41, 5.74) is 1.19. The molecule has 0 unspecified atom stereocenters. The van der Waals surface area contributed by atoms with Gasteiger partial charge >= 0.3 is 0 Å². The van der Waals surface area contributed by atoms with Crippen LogP contribution in [0.5, 0.6) is 0 Å². The van der Waals surface area contributed by atoms with E-state index < -0.39 is 0 Å². The molecule has 0 bridgehead atoms. The summed E-state index contributed by atoms with van der Waals surface area (Å²) in [4.78, 5) is 8.48. The fraction of sp³-hybridized carbons (Fsp3) is 0.583. The highest BCUT2D eigenvalue weighted by atomic mass is 32.1. The SMILES string of the molecule is CCc1nc(CCN[C@@H](C)Cn2cncn2)cs1. The van der Waals surface area contributed by atoms with E-state index in [0.29, 0.717) is 6.04 Å². The topological polar surface area (TPSA) is 55.6 Å². The average molecular weight is 265 g/mol. The summed E-state index contributed by atoms with van der Waals surface area (Å²) in [5.74, 6) is 0. The first-order valence-corrected chi connectivity index (χ1v) is 7.15. The van der Waals surface area contributed by atoms with Crippen molar-refractivity contribution in [2.75, 3.05) is 6.54 Å². The van der Waals surface area contributed by atoms with E-state index in [-0.39, 0.29) is 0 Å². The third kappa shape index (κ3) is 3.89. The summed E-state index contributed by atoms with van der Waals surface area (Å²) in [6.45, 7) is 6.08. The minimum absolute atomic E-state index is 0.385. The van der Waals surface area contributed by atoms with Crippen LogP contribution in [0.15, 0.2) is 18.0 Å². The predicted molar refractivity (Wildman–Crippen MR) is 72.7 cm³/mol. The first-order chi connectivity index (χ1) is 8.78. The molecule has 6 heteroatoms. The number of aromatic nitrogens is 4. The van der Waals surface area contributed by atoms with Crippen molar-refractivity contribution in [2.45, 2.75) is 39.3 Å². The maximum Gasteiger partial charge on any atom is 0.137 e. The lowest BCUT2D eigenvalue weighted by Crippen LogP contribution is -2.32.